The van der Waals surface area contributed by atoms with Gasteiger partial charge in [0, 0.05) is 26.3 Å². The third kappa shape index (κ3) is 7.65. The lowest BCUT2D eigenvalue weighted by molar-refractivity contribution is 0.0283. The van der Waals surface area contributed by atoms with Crippen molar-refractivity contribution < 1.29 is 9.47 Å². The number of ether oxygens (including phenoxy) is 2. The molecule has 1 heterocycles. The van der Waals surface area contributed by atoms with Gasteiger partial charge in [-0.15, -0.1) is 24.0 Å². The Kier molecular flexibility index (Phi) is 8.89. The van der Waals surface area contributed by atoms with E-state index in [9.17, 15) is 0 Å². The Labute approximate surface area is 145 Å². The summed E-state index contributed by atoms with van der Waals surface area (Å²) in [4.78, 5) is 4.63. The molecule has 6 heteroatoms. The predicted molar refractivity (Wildman–Crippen MR) is 96.5 cm³/mol. The van der Waals surface area contributed by atoms with Crippen LogP contribution in [0.2, 0.25) is 0 Å². The van der Waals surface area contributed by atoms with E-state index in [1.54, 1.807) is 0 Å². The van der Waals surface area contributed by atoms with E-state index in [-0.39, 0.29) is 29.6 Å². The van der Waals surface area contributed by atoms with Gasteiger partial charge in [0.25, 0.3) is 0 Å². The molecule has 0 spiro atoms. The summed E-state index contributed by atoms with van der Waals surface area (Å²) in [5, 5.41) is 6.58. The summed E-state index contributed by atoms with van der Waals surface area (Å²) in [6, 6.07) is 0. The molecule has 1 aliphatic heterocycles. The van der Waals surface area contributed by atoms with Crippen LogP contribution in [0, 0.1) is 5.92 Å². The highest BCUT2D eigenvalue weighted by Gasteiger charge is 2.29. The van der Waals surface area contributed by atoms with Crippen LogP contribution in [0.5, 0.6) is 0 Å². The Hall–Kier alpha value is -0.0800. The van der Waals surface area contributed by atoms with Crippen LogP contribution in [0.3, 0.4) is 0 Å². The average Bonchev–Trinajstić information content (AvgIpc) is 3.16. The van der Waals surface area contributed by atoms with Crippen molar-refractivity contribution in [3.05, 3.63) is 0 Å². The first-order valence-corrected chi connectivity index (χ1v) is 7.96. The van der Waals surface area contributed by atoms with Crippen LogP contribution in [0.1, 0.15) is 39.5 Å². The Morgan fingerprint density at radius 2 is 2.19 bits per heavy atom. The summed E-state index contributed by atoms with van der Waals surface area (Å²) in [6.07, 6.45) is 4.93. The number of aliphatic imine (C=N–C) groups is 1. The number of hydrogen-bond donors (Lipinski definition) is 2. The van der Waals surface area contributed by atoms with Crippen molar-refractivity contribution >= 4 is 29.9 Å². The average molecular weight is 411 g/mol. The molecule has 1 atom stereocenters. The Morgan fingerprint density at radius 1 is 1.38 bits per heavy atom. The van der Waals surface area contributed by atoms with Crippen LogP contribution in [-0.2, 0) is 9.47 Å². The maximum absolute atomic E-state index is 5.76. The summed E-state index contributed by atoms with van der Waals surface area (Å²) in [6.45, 7) is 9.13. The van der Waals surface area contributed by atoms with Crippen molar-refractivity contribution in [3.63, 3.8) is 0 Å². The first-order valence-electron chi connectivity index (χ1n) is 7.96. The lowest BCUT2D eigenvalue weighted by Crippen LogP contribution is -2.40. The molecule has 2 aliphatic rings. The summed E-state index contributed by atoms with van der Waals surface area (Å²) < 4.78 is 11.4. The molecule has 1 saturated heterocycles. The molecule has 5 nitrogen and oxygen atoms in total. The van der Waals surface area contributed by atoms with Crippen molar-refractivity contribution in [2.75, 3.05) is 39.5 Å². The highest BCUT2D eigenvalue weighted by Crippen LogP contribution is 2.28. The molecule has 1 aliphatic carbocycles. The van der Waals surface area contributed by atoms with Gasteiger partial charge in [0.2, 0.25) is 0 Å². The summed E-state index contributed by atoms with van der Waals surface area (Å²) in [5.41, 5.74) is -0.0785. The van der Waals surface area contributed by atoms with Crippen molar-refractivity contribution in [3.8, 4) is 0 Å². The minimum absolute atomic E-state index is 0. The zero-order valence-electron chi connectivity index (χ0n) is 13.3. The number of guanidine groups is 1. The van der Waals surface area contributed by atoms with E-state index in [0.29, 0.717) is 6.54 Å². The molecule has 1 saturated carbocycles. The first kappa shape index (κ1) is 19.0. The van der Waals surface area contributed by atoms with Gasteiger partial charge in [0.1, 0.15) is 0 Å². The van der Waals surface area contributed by atoms with Crippen LogP contribution in [-0.4, -0.2) is 51.0 Å². The second-order valence-electron chi connectivity index (χ2n) is 6.04. The number of halogens is 1. The Bertz CT molecular complexity index is 316. The van der Waals surface area contributed by atoms with Gasteiger partial charge >= 0.3 is 0 Å². The Morgan fingerprint density at radius 3 is 2.81 bits per heavy atom. The molecule has 0 aromatic carbocycles. The third-order valence-corrected chi connectivity index (χ3v) is 3.81. The van der Waals surface area contributed by atoms with Gasteiger partial charge in [-0.25, -0.2) is 0 Å². The van der Waals surface area contributed by atoms with E-state index in [1.807, 2.05) is 0 Å². The summed E-state index contributed by atoms with van der Waals surface area (Å²) >= 11 is 0. The molecule has 0 radical (unpaired) electrons. The minimum Gasteiger partial charge on any atom is -0.379 e. The van der Waals surface area contributed by atoms with E-state index < -0.39 is 0 Å². The van der Waals surface area contributed by atoms with Crippen molar-refractivity contribution in [1.82, 2.24) is 10.6 Å². The highest BCUT2D eigenvalue weighted by molar-refractivity contribution is 14.0. The Balaban J connectivity index is 0.00000220. The van der Waals surface area contributed by atoms with Gasteiger partial charge in [0.05, 0.1) is 18.8 Å². The second-order valence-corrected chi connectivity index (χ2v) is 6.04. The minimum atomic E-state index is -0.0785. The fraction of sp³-hybridized carbons (Fsp3) is 0.933. The molecular weight excluding hydrogens is 381 g/mol. The lowest BCUT2D eigenvalue weighted by Gasteiger charge is -2.21. The zero-order chi connectivity index (χ0) is 14.3. The van der Waals surface area contributed by atoms with Crippen LogP contribution in [0.4, 0.5) is 0 Å². The fourth-order valence-electron chi connectivity index (χ4n) is 2.33. The topological polar surface area (TPSA) is 54.9 Å². The maximum atomic E-state index is 5.76. The quantitative estimate of drug-likeness (QED) is 0.278. The van der Waals surface area contributed by atoms with E-state index in [2.05, 4.69) is 29.5 Å². The monoisotopic (exact) mass is 411 g/mol. The van der Waals surface area contributed by atoms with Crippen LogP contribution < -0.4 is 10.6 Å². The molecule has 0 bridgehead atoms. The van der Waals surface area contributed by atoms with Gasteiger partial charge in [-0.3, -0.25) is 4.99 Å². The molecule has 124 valence electrons. The fourth-order valence-corrected chi connectivity index (χ4v) is 2.33. The first-order chi connectivity index (χ1) is 9.72. The maximum Gasteiger partial charge on any atom is 0.191 e. The molecular formula is C15H30IN3O2. The van der Waals surface area contributed by atoms with Crippen LogP contribution in [0.15, 0.2) is 4.99 Å². The second kappa shape index (κ2) is 9.84. The normalized spacial score (nSPS) is 25.5. The van der Waals surface area contributed by atoms with Gasteiger partial charge in [0.15, 0.2) is 5.96 Å². The number of hydrogen-bond acceptors (Lipinski definition) is 3. The van der Waals surface area contributed by atoms with E-state index in [0.717, 1.165) is 57.6 Å². The smallest absolute Gasteiger partial charge is 0.191 e. The van der Waals surface area contributed by atoms with E-state index in [4.69, 9.17) is 9.47 Å². The summed E-state index contributed by atoms with van der Waals surface area (Å²) in [7, 11) is 0. The van der Waals surface area contributed by atoms with Gasteiger partial charge in [-0.2, -0.15) is 0 Å². The van der Waals surface area contributed by atoms with E-state index >= 15 is 0 Å². The van der Waals surface area contributed by atoms with Crippen molar-refractivity contribution in [1.29, 1.82) is 0 Å². The molecule has 0 amide bonds. The molecule has 1 unspecified atom stereocenters. The van der Waals surface area contributed by atoms with Crippen LogP contribution in [0.25, 0.3) is 0 Å². The molecule has 2 fully saturated rings. The molecule has 2 rings (SSSR count). The lowest BCUT2D eigenvalue weighted by atomic mass is 10.0. The van der Waals surface area contributed by atoms with Gasteiger partial charge in [-0.1, -0.05) is 0 Å². The summed E-state index contributed by atoms with van der Waals surface area (Å²) in [5.74, 6) is 1.69. The molecule has 0 aromatic heterocycles. The van der Waals surface area contributed by atoms with Crippen molar-refractivity contribution in [2.24, 2.45) is 10.9 Å². The highest BCUT2D eigenvalue weighted by atomic mass is 127. The number of nitrogens with zero attached hydrogens (tertiary/aromatic N) is 1. The zero-order valence-corrected chi connectivity index (χ0v) is 15.7. The molecule has 0 aromatic rings. The van der Waals surface area contributed by atoms with Gasteiger partial charge < -0.3 is 20.1 Å². The largest absolute Gasteiger partial charge is 0.379 e. The van der Waals surface area contributed by atoms with Gasteiger partial charge in [-0.05, 0) is 45.4 Å². The number of nitrogens with one attached hydrogen (secondary N) is 2. The number of rotatable bonds is 8. The SMILES string of the molecule is CCNC(=NCC1(C)CCCO1)NCCOCC1CC1.I. The van der Waals surface area contributed by atoms with E-state index in [1.165, 1.54) is 12.8 Å². The molecule has 21 heavy (non-hydrogen) atoms. The third-order valence-electron chi connectivity index (χ3n) is 3.81. The van der Waals surface area contributed by atoms with Crippen molar-refractivity contribution in [2.45, 2.75) is 45.1 Å². The standard InChI is InChI=1S/C15H29N3O2.HI/c1-3-16-14(17-8-10-19-11-13-5-6-13)18-12-15(2)7-4-9-20-15;/h13H,3-12H2,1-2H3,(H2,16,17,18);1H. The van der Waals surface area contributed by atoms with Crippen LogP contribution >= 0.6 is 24.0 Å². The predicted octanol–water partition coefficient (Wildman–Crippen LogP) is 2.16. The molecule has 2 N–H and O–H groups in total.